The Balaban J connectivity index is 2.39. The lowest BCUT2D eigenvalue weighted by Crippen LogP contribution is -1.92. The molecule has 0 saturated carbocycles. The molecule has 92 valence electrons. The van der Waals surface area contributed by atoms with Gasteiger partial charge in [0.05, 0.1) is 11.9 Å². The SMILES string of the molecule is C/C(=C/c1cc(F)c(F)c(F)c1)c1cnccn1. The van der Waals surface area contributed by atoms with Crippen molar-refractivity contribution in [2.75, 3.05) is 0 Å². The Morgan fingerprint density at radius 1 is 1.11 bits per heavy atom. The van der Waals surface area contributed by atoms with Crippen molar-refractivity contribution in [1.29, 1.82) is 0 Å². The Bertz CT molecular complexity index is 571. The lowest BCUT2D eigenvalue weighted by atomic mass is 10.1. The van der Waals surface area contributed by atoms with Gasteiger partial charge >= 0.3 is 0 Å². The van der Waals surface area contributed by atoms with Crippen LogP contribution in [0.1, 0.15) is 18.2 Å². The first-order valence-corrected chi connectivity index (χ1v) is 5.17. The predicted octanol–water partition coefficient (Wildman–Crippen LogP) is 3.45. The minimum Gasteiger partial charge on any atom is -0.261 e. The molecule has 2 nitrogen and oxygen atoms in total. The van der Waals surface area contributed by atoms with Gasteiger partial charge in [-0.3, -0.25) is 9.97 Å². The highest BCUT2D eigenvalue weighted by Crippen LogP contribution is 2.18. The zero-order chi connectivity index (χ0) is 13.1. The molecule has 0 bridgehead atoms. The second-order valence-corrected chi connectivity index (χ2v) is 3.72. The van der Waals surface area contributed by atoms with Crippen LogP contribution in [0.2, 0.25) is 0 Å². The maximum absolute atomic E-state index is 13.0. The van der Waals surface area contributed by atoms with Crippen molar-refractivity contribution >= 4 is 11.6 Å². The largest absolute Gasteiger partial charge is 0.261 e. The molecule has 0 spiro atoms. The van der Waals surface area contributed by atoms with Crippen LogP contribution in [0, 0.1) is 17.5 Å². The quantitative estimate of drug-likeness (QED) is 0.763. The van der Waals surface area contributed by atoms with E-state index in [1.54, 1.807) is 6.92 Å². The zero-order valence-electron chi connectivity index (χ0n) is 9.49. The third-order valence-electron chi connectivity index (χ3n) is 2.36. The summed E-state index contributed by atoms with van der Waals surface area (Å²) < 4.78 is 38.8. The van der Waals surface area contributed by atoms with Gasteiger partial charge in [-0.25, -0.2) is 13.2 Å². The number of nitrogens with zero attached hydrogens (tertiary/aromatic N) is 2. The number of hydrogen-bond acceptors (Lipinski definition) is 2. The van der Waals surface area contributed by atoms with E-state index >= 15 is 0 Å². The van der Waals surface area contributed by atoms with Gasteiger partial charge in [-0.15, -0.1) is 0 Å². The van der Waals surface area contributed by atoms with Crippen LogP contribution in [0.5, 0.6) is 0 Å². The Morgan fingerprint density at radius 2 is 1.78 bits per heavy atom. The highest BCUT2D eigenvalue weighted by atomic mass is 19.2. The topological polar surface area (TPSA) is 25.8 Å². The molecule has 0 radical (unpaired) electrons. The summed E-state index contributed by atoms with van der Waals surface area (Å²) in [5.41, 5.74) is 1.49. The average Bonchev–Trinajstić information content (AvgIpc) is 2.37. The van der Waals surface area contributed by atoms with Crippen molar-refractivity contribution in [3.8, 4) is 0 Å². The van der Waals surface area contributed by atoms with Crippen molar-refractivity contribution in [2.45, 2.75) is 6.92 Å². The van der Waals surface area contributed by atoms with Gasteiger partial charge < -0.3 is 0 Å². The first kappa shape index (κ1) is 12.3. The van der Waals surface area contributed by atoms with E-state index in [0.29, 0.717) is 11.3 Å². The monoisotopic (exact) mass is 250 g/mol. The summed E-state index contributed by atoms with van der Waals surface area (Å²) in [5.74, 6) is -3.90. The zero-order valence-corrected chi connectivity index (χ0v) is 9.49. The molecular weight excluding hydrogens is 241 g/mol. The molecule has 0 N–H and O–H groups in total. The molecule has 1 aromatic carbocycles. The van der Waals surface area contributed by atoms with E-state index in [0.717, 1.165) is 12.1 Å². The van der Waals surface area contributed by atoms with Gasteiger partial charge in [-0.1, -0.05) is 0 Å². The Morgan fingerprint density at radius 3 is 2.33 bits per heavy atom. The highest BCUT2D eigenvalue weighted by molar-refractivity contribution is 5.78. The van der Waals surface area contributed by atoms with Gasteiger partial charge in [0.15, 0.2) is 17.5 Å². The molecule has 0 aliphatic carbocycles. The van der Waals surface area contributed by atoms with Gasteiger partial charge in [0.25, 0.3) is 0 Å². The molecule has 0 saturated heterocycles. The number of hydrogen-bond donors (Lipinski definition) is 0. The minimum absolute atomic E-state index is 0.231. The number of rotatable bonds is 2. The first-order chi connectivity index (χ1) is 8.58. The average molecular weight is 250 g/mol. The molecule has 2 rings (SSSR count). The fraction of sp³-hybridized carbons (Fsp3) is 0.0769. The molecule has 1 heterocycles. The number of aromatic nitrogens is 2. The fourth-order valence-electron chi connectivity index (χ4n) is 1.49. The minimum atomic E-state index is -1.47. The molecular formula is C13H9F3N2. The van der Waals surface area contributed by atoms with Crippen molar-refractivity contribution in [3.63, 3.8) is 0 Å². The predicted molar refractivity (Wildman–Crippen MR) is 61.9 cm³/mol. The first-order valence-electron chi connectivity index (χ1n) is 5.17. The van der Waals surface area contributed by atoms with Gasteiger partial charge in [-0.05, 0) is 36.3 Å². The van der Waals surface area contributed by atoms with Crippen LogP contribution in [0.15, 0.2) is 30.7 Å². The Kier molecular flexibility index (Phi) is 3.41. The third kappa shape index (κ3) is 2.56. The molecule has 5 heteroatoms. The van der Waals surface area contributed by atoms with E-state index in [1.807, 2.05) is 0 Å². The second kappa shape index (κ2) is 5.00. The summed E-state index contributed by atoms with van der Waals surface area (Å²) >= 11 is 0. The van der Waals surface area contributed by atoms with Gasteiger partial charge in [0, 0.05) is 12.4 Å². The fourth-order valence-corrected chi connectivity index (χ4v) is 1.49. The number of benzene rings is 1. The Hall–Kier alpha value is -2.17. The van der Waals surface area contributed by atoms with Crippen LogP contribution in [0.4, 0.5) is 13.2 Å². The van der Waals surface area contributed by atoms with Crippen LogP contribution in [0.25, 0.3) is 11.6 Å². The molecule has 0 atom stereocenters. The summed E-state index contributed by atoms with van der Waals surface area (Å²) in [6.45, 7) is 1.73. The summed E-state index contributed by atoms with van der Waals surface area (Å²) in [7, 11) is 0. The number of halogens is 3. The maximum Gasteiger partial charge on any atom is 0.194 e. The van der Waals surface area contributed by atoms with Crippen molar-refractivity contribution in [1.82, 2.24) is 9.97 Å². The normalized spacial score (nSPS) is 11.7. The van der Waals surface area contributed by atoms with Crippen LogP contribution in [-0.4, -0.2) is 9.97 Å². The van der Waals surface area contributed by atoms with Gasteiger partial charge in [0.1, 0.15) is 0 Å². The van der Waals surface area contributed by atoms with Crippen molar-refractivity contribution in [2.24, 2.45) is 0 Å². The lowest BCUT2D eigenvalue weighted by molar-refractivity contribution is 0.447. The van der Waals surface area contributed by atoms with E-state index in [2.05, 4.69) is 9.97 Å². The maximum atomic E-state index is 13.0. The molecule has 0 amide bonds. The number of allylic oxidation sites excluding steroid dienone is 1. The van der Waals surface area contributed by atoms with Crippen LogP contribution < -0.4 is 0 Å². The highest BCUT2D eigenvalue weighted by Gasteiger charge is 2.09. The molecule has 18 heavy (non-hydrogen) atoms. The smallest absolute Gasteiger partial charge is 0.194 e. The van der Waals surface area contributed by atoms with Crippen molar-refractivity contribution in [3.05, 3.63) is 59.4 Å². The molecule has 0 unspecified atom stereocenters. The standard InChI is InChI=1S/C13H9F3N2/c1-8(12-7-17-2-3-18-12)4-9-5-10(14)13(16)11(15)6-9/h2-7H,1H3/b8-4-. The van der Waals surface area contributed by atoms with E-state index in [1.165, 1.54) is 24.7 Å². The van der Waals surface area contributed by atoms with E-state index in [-0.39, 0.29) is 5.56 Å². The van der Waals surface area contributed by atoms with Gasteiger partial charge in [0.2, 0.25) is 0 Å². The molecule has 0 fully saturated rings. The molecule has 0 aliphatic rings. The van der Waals surface area contributed by atoms with Crippen LogP contribution in [0.3, 0.4) is 0 Å². The lowest BCUT2D eigenvalue weighted by Gasteiger charge is -2.02. The van der Waals surface area contributed by atoms with Crippen molar-refractivity contribution < 1.29 is 13.2 Å². The molecule has 2 aromatic rings. The molecule has 1 aromatic heterocycles. The van der Waals surface area contributed by atoms with E-state index in [4.69, 9.17) is 0 Å². The van der Waals surface area contributed by atoms with E-state index < -0.39 is 17.5 Å². The Labute approximate surface area is 102 Å². The van der Waals surface area contributed by atoms with Gasteiger partial charge in [-0.2, -0.15) is 0 Å². The van der Waals surface area contributed by atoms with E-state index in [9.17, 15) is 13.2 Å². The summed E-state index contributed by atoms with van der Waals surface area (Å²) in [6, 6.07) is 1.86. The summed E-state index contributed by atoms with van der Waals surface area (Å²) in [5, 5.41) is 0. The van der Waals surface area contributed by atoms with Crippen LogP contribution >= 0.6 is 0 Å². The summed E-state index contributed by atoms with van der Waals surface area (Å²) in [6.07, 6.45) is 6.07. The third-order valence-corrected chi connectivity index (χ3v) is 2.36. The second-order valence-electron chi connectivity index (χ2n) is 3.72. The molecule has 0 aliphatic heterocycles. The summed E-state index contributed by atoms with van der Waals surface area (Å²) in [4.78, 5) is 7.93. The van der Waals surface area contributed by atoms with Crippen LogP contribution in [-0.2, 0) is 0 Å².